The Hall–Kier alpha value is -4.31. The highest BCUT2D eigenvalue weighted by Gasteiger charge is 2.30. The van der Waals surface area contributed by atoms with Gasteiger partial charge >= 0.3 is 5.97 Å². The monoisotopic (exact) mass is 510 g/mol. The van der Waals surface area contributed by atoms with Gasteiger partial charge in [0.2, 0.25) is 0 Å². The first-order valence-corrected chi connectivity index (χ1v) is 12.2. The minimum Gasteiger partial charge on any atom is -0.497 e. The van der Waals surface area contributed by atoms with Crippen molar-refractivity contribution < 1.29 is 32.2 Å². The van der Waals surface area contributed by atoms with Crippen molar-refractivity contribution in [2.24, 2.45) is 0 Å². The third-order valence-electron chi connectivity index (χ3n) is 5.09. The van der Waals surface area contributed by atoms with E-state index in [1.54, 1.807) is 48.5 Å². The molecule has 0 atom stereocenters. The molecule has 10 heteroatoms. The fraction of sp³-hybridized carbons (Fsp3) is 0.154. The number of para-hydroxylation sites is 2. The largest absolute Gasteiger partial charge is 0.497 e. The Morgan fingerprint density at radius 3 is 2.17 bits per heavy atom. The fourth-order valence-electron chi connectivity index (χ4n) is 3.21. The molecule has 0 spiro atoms. The maximum atomic E-state index is 13.5. The van der Waals surface area contributed by atoms with Gasteiger partial charge in [-0.15, -0.1) is 0 Å². The summed E-state index contributed by atoms with van der Waals surface area (Å²) in [6, 6.07) is 21.2. The van der Waals surface area contributed by atoms with Gasteiger partial charge in [-0.05, 0) is 48.0 Å². The highest BCUT2D eigenvalue weighted by atomic mass is 32.2. The molecule has 0 aliphatic heterocycles. The number of hydrogen-bond donors (Lipinski definition) is 1. The van der Waals surface area contributed by atoms with Crippen LogP contribution in [0.2, 0.25) is 0 Å². The first-order valence-electron chi connectivity index (χ1n) is 10.8. The number of amides is 1. The summed E-state index contributed by atoms with van der Waals surface area (Å²) in [4.78, 5) is 24.7. The molecular weight excluding hydrogens is 484 g/mol. The smallest absolute Gasteiger partial charge is 0.354 e. The zero-order valence-electron chi connectivity index (χ0n) is 19.8. The number of carbonyl (C=O) groups is 2. The van der Waals surface area contributed by atoms with E-state index in [9.17, 15) is 18.0 Å². The molecule has 0 saturated carbocycles. The van der Waals surface area contributed by atoms with Crippen LogP contribution in [0.4, 0.5) is 5.69 Å². The summed E-state index contributed by atoms with van der Waals surface area (Å²) >= 11 is 0. The highest BCUT2D eigenvalue weighted by Crippen LogP contribution is 2.27. The normalized spacial score (nSPS) is 10.7. The minimum atomic E-state index is -4.23. The summed E-state index contributed by atoms with van der Waals surface area (Å²) in [5.41, 5.74) is 0.390. The summed E-state index contributed by atoms with van der Waals surface area (Å²) in [5, 5.41) is 2.73. The molecule has 0 aromatic heterocycles. The molecule has 0 bridgehead atoms. The van der Waals surface area contributed by atoms with Crippen LogP contribution in [0.3, 0.4) is 0 Å². The van der Waals surface area contributed by atoms with E-state index in [0.717, 1.165) is 11.4 Å². The third-order valence-corrected chi connectivity index (χ3v) is 6.89. The van der Waals surface area contributed by atoms with E-state index < -0.39 is 21.9 Å². The van der Waals surface area contributed by atoms with Crippen LogP contribution in [-0.2, 0) is 30.9 Å². The second-order valence-corrected chi connectivity index (χ2v) is 9.29. The van der Waals surface area contributed by atoms with E-state index in [1.807, 2.05) is 6.07 Å². The van der Waals surface area contributed by atoms with Gasteiger partial charge in [-0.1, -0.05) is 43.0 Å². The van der Waals surface area contributed by atoms with E-state index in [-0.39, 0.29) is 23.7 Å². The Balaban J connectivity index is 1.87. The average molecular weight is 511 g/mol. The van der Waals surface area contributed by atoms with E-state index in [4.69, 9.17) is 14.2 Å². The van der Waals surface area contributed by atoms with Crippen LogP contribution < -0.4 is 14.8 Å². The zero-order valence-corrected chi connectivity index (χ0v) is 20.7. The molecule has 0 aliphatic rings. The maximum absolute atomic E-state index is 13.5. The average Bonchev–Trinajstić information content (AvgIpc) is 2.91. The number of benzene rings is 3. The van der Waals surface area contributed by atoms with E-state index in [0.29, 0.717) is 22.7 Å². The molecule has 0 unspecified atom stereocenters. The second-order valence-electron chi connectivity index (χ2n) is 7.43. The zero-order chi connectivity index (χ0) is 26.1. The lowest BCUT2D eigenvalue weighted by Crippen LogP contribution is -2.34. The van der Waals surface area contributed by atoms with Crippen LogP contribution in [0.5, 0.6) is 11.5 Å². The van der Waals surface area contributed by atoms with Gasteiger partial charge in [-0.25, -0.2) is 13.2 Å². The highest BCUT2D eigenvalue weighted by molar-refractivity contribution is 7.89. The van der Waals surface area contributed by atoms with Gasteiger partial charge in [0.05, 0.1) is 25.7 Å². The number of sulfonamides is 1. The first kappa shape index (κ1) is 26.3. The Labute approximate surface area is 210 Å². The predicted molar refractivity (Wildman–Crippen MR) is 134 cm³/mol. The number of rotatable bonds is 11. The molecule has 1 amide bonds. The predicted octanol–water partition coefficient (Wildman–Crippen LogP) is 3.59. The molecule has 36 heavy (non-hydrogen) atoms. The fourth-order valence-corrected chi connectivity index (χ4v) is 4.61. The molecule has 0 radical (unpaired) electrons. The summed E-state index contributed by atoms with van der Waals surface area (Å²) in [6.07, 6.45) is 0. The molecular formula is C26H26N2O7S. The van der Waals surface area contributed by atoms with Crippen molar-refractivity contribution in [3.05, 3.63) is 96.7 Å². The van der Waals surface area contributed by atoms with E-state index >= 15 is 0 Å². The Morgan fingerprint density at radius 2 is 1.53 bits per heavy atom. The molecule has 9 nitrogen and oxygen atoms in total. The lowest BCUT2D eigenvalue weighted by Gasteiger charge is -2.26. The Morgan fingerprint density at radius 1 is 0.889 bits per heavy atom. The van der Waals surface area contributed by atoms with Crippen LogP contribution in [0.25, 0.3) is 0 Å². The number of carbonyl (C=O) groups excluding carboxylic acids is 2. The van der Waals surface area contributed by atoms with Crippen molar-refractivity contribution in [1.29, 1.82) is 0 Å². The van der Waals surface area contributed by atoms with Gasteiger partial charge in [0, 0.05) is 5.69 Å². The van der Waals surface area contributed by atoms with Crippen molar-refractivity contribution in [2.45, 2.75) is 11.4 Å². The SMILES string of the molecule is C=C(C(=O)OC)N(Cc1ccccc1NC(=O)COc1ccccc1)S(=O)(=O)c1ccc(OC)cc1. The number of nitrogens with one attached hydrogen (secondary N) is 1. The summed E-state index contributed by atoms with van der Waals surface area (Å²) in [5.74, 6) is -0.349. The lowest BCUT2D eigenvalue weighted by molar-refractivity contribution is -0.137. The first-order chi connectivity index (χ1) is 17.3. The van der Waals surface area contributed by atoms with E-state index in [1.165, 1.54) is 31.4 Å². The topological polar surface area (TPSA) is 111 Å². The van der Waals surface area contributed by atoms with Crippen molar-refractivity contribution >= 4 is 27.6 Å². The van der Waals surface area contributed by atoms with Gasteiger partial charge in [-0.3, -0.25) is 9.10 Å². The number of esters is 1. The molecule has 0 saturated heterocycles. The van der Waals surface area contributed by atoms with Gasteiger partial charge in [0.15, 0.2) is 6.61 Å². The molecule has 0 heterocycles. The Kier molecular flexibility index (Phi) is 8.69. The van der Waals surface area contributed by atoms with Crippen LogP contribution in [-0.4, -0.2) is 45.4 Å². The van der Waals surface area contributed by atoms with Crippen LogP contribution >= 0.6 is 0 Å². The molecule has 3 aromatic rings. The summed E-state index contributed by atoms with van der Waals surface area (Å²) in [6.45, 7) is 3.10. The number of methoxy groups -OCH3 is 2. The maximum Gasteiger partial charge on any atom is 0.354 e. The van der Waals surface area contributed by atoms with Gasteiger partial charge < -0.3 is 19.5 Å². The van der Waals surface area contributed by atoms with Crippen molar-refractivity contribution in [2.75, 3.05) is 26.1 Å². The van der Waals surface area contributed by atoms with E-state index in [2.05, 4.69) is 11.9 Å². The summed E-state index contributed by atoms with van der Waals surface area (Å²) in [7, 11) is -1.64. The van der Waals surface area contributed by atoms with Crippen LogP contribution in [0.1, 0.15) is 5.56 Å². The number of ether oxygens (including phenoxy) is 3. The number of anilines is 1. The van der Waals surface area contributed by atoms with Gasteiger partial charge in [0.1, 0.15) is 17.2 Å². The molecule has 1 N–H and O–H groups in total. The van der Waals surface area contributed by atoms with Crippen molar-refractivity contribution in [1.82, 2.24) is 4.31 Å². The van der Waals surface area contributed by atoms with Crippen molar-refractivity contribution in [3.63, 3.8) is 0 Å². The standard InChI is InChI=1S/C26H26N2O7S/c1-19(26(30)34-3)28(36(31,32)23-15-13-21(33-2)14-16-23)17-20-9-7-8-12-24(20)27-25(29)18-35-22-10-5-4-6-11-22/h4-16H,1,17-18H2,2-3H3,(H,27,29). The van der Waals surface area contributed by atoms with Gasteiger partial charge in [-0.2, -0.15) is 0 Å². The number of nitrogens with zero attached hydrogens (tertiary/aromatic N) is 1. The molecule has 0 fully saturated rings. The molecule has 3 rings (SSSR count). The molecule has 188 valence electrons. The molecule has 3 aromatic carbocycles. The second kappa shape index (κ2) is 11.9. The lowest BCUT2D eigenvalue weighted by atomic mass is 10.1. The molecule has 0 aliphatic carbocycles. The van der Waals surface area contributed by atoms with Crippen LogP contribution in [0.15, 0.2) is 96.0 Å². The number of hydrogen-bond acceptors (Lipinski definition) is 7. The van der Waals surface area contributed by atoms with Crippen LogP contribution in [0, 0.1) is 0 Å². The quantitative estimate of drug-likeness (QED) is 0.310. The minimum absolute atomic E-state index is 0.0777. The third kappa shape index (κ3) is 6.42. The Bertz CT molecular complexity index is 1320. The summed E-state index contributed by atoms with van der Waals surface area (Å²) < 4.78 is 43.1. The van der Waals surface area contributed by atoms with Crippen molar-refractivity contribution in [3.8, 4) is 11.5 Å². The van der Waals surface area contributed by atoms with Gasteiger partial charge in [0.25, 0.3) is 15.9 Å².